The minimum absolute atomic E-state index is 0.0521. The molecule has 7 aromatic carbocycles. The molecule has 10 heteroatoms. The normalized spacial score (nSPS) is 10.9. The maximum Gasteiger partial charge on any atom is 0.102 e. The Morgan fingerprint density at radius 1 is 0.352 bits per heavy atom. The fraction of sp³-hybridized carbons (Fsp3) is 0.0455. The Kier molecular flexibility index (Phi) is 17.6. The number of alkyl halides is 6. The first-order valence-corrected chi connectivity index (χ1v) is 24.1. The third-order valence-corrected chi connectivity index (χ3v) is 13.3. The molecule has 0 amide bonds. The monoisotopic (exact) mass is 972 g/mol. The van der Waals surface area contributed by atoms with Gasteiger partial charge in [-0.05, 0) is 72.8 Å². The number of hydrogen-bond acceptors (Lipinski definition) is 0. The molecule has 0 heterocycles. The van der Waals surface area contributed by atoms with Gasteiger partial charge in [0, 0.05) is 0 Å². The second-order valence-corrected chi connectivity index (χ2v) is 16.4. The van der Waals surface area contributed by atoms with E-state index in [2.05, 4.69) is 198 Å². The average Bonchev–Trinajstić information content (AvgIpc) is 3.21. The summed E-state index contributed by atoms with van der Waals surface area (Å²) in [5.41, 5.74) is -2.71. The topological polar surface area (TPSA) is 0 Å². The Hall–Kier alpha value is -3.63. The van der Waals surface area contributed by atoms with E-state index in [1.165, 1.54) is 31.8 Å². The van der Waals surface area contributed by atoms with Crippen molar-refractivity contribution in [2.45, 2.75) is 12.4 Å². The van der Waals surface area contributed by atoms with E-state index >= 15 is 0 Å². The Morgan fingerprint density at radius 3 is 0.704 bits per heavy atom. The quantitative estimate of drug-likeness (QED) is 0.0512. The van der Waals surface area contributed by atoms with Crippen LogP contribution in [0.15, 0.2) is 200 Å². The van der Waals surface area contributed by atoms with Crippen LogP contribution in [0, 0.1) is 6.07 Å². The van der Waals surface area contributed by atoms with Crippen molar-refractivity contribution in [3.05, 3.63) is 217 Å². The molecule has 54 heavy (non-hydrogen) atoms. The smallest absolute Gasteiger partial charge is 0.0620 e. The molecule has 0 radical (unpaired) electrons. The minimum atomic E-state index is -4.78. The molecule has 0 saturated heterocycles. The summed E-state index contributed by atoms with van der Waals surface area (Å²) in [7, 11) is -1.75. The number of benzene rings is 7. The summed E-state index contributed by atoms with van der Waals surface area (Å²) < 4.78 is 71.8. The number of halogens is 7. The van der Waals surface area contributed by atoms with E-state index in [9.17, 15) is 26.3 Å². The van der Waals surface area contributed by atoms with E-state index < -0.39 is 39.3 Å². The Bertz CT molecular complexity index is 1720. The summed E-state index contributed by atoms with van der Waals surface area (Å²) in [5.74, 6) is 0. The molecule has 0 N–H and O–H groups in total. The fourth-order valence-corrected chi connectivity index (χ4v) is 10.6. The van der Waals surface area contributed by atoms with Gasteiger partial charge in [0.05, 0.1) is 15.8 Å². The van der Waals surface area contributed by atoms with Gasteiger partial charge in [-0.1, -0.05) is 120 Å². The molecule has 0 fully saturated rings. The van der Waals surface area contributed by atoms with E-state index in [0.29, 0.717) is 12.1 Å². The summed E-state index contributed by atoms with van der Waals surface area (Å²) in [6, 6.07) is 67.8. The second-order valence-electron chi connectivity index (χ2n) is 11.5. The van der Waals surface area contributed by atoms with Gasteiger partial charge >= 0.3 is 47.5 Å². The molecule has 0 nitrogen and oxygen atoms in total. The molecule has 0 aliphatic carbocycles. The summed E-state index contributed by atoms with van der Waals surface area (Å²) in [6.07, 6.45) is -9.56. The molecule has 0 saturated carbocycles. The van der Waals surface area contributed by atoms with E-state index in [-0.39, 0.29) is 6.07 Å². The molecular weight excluding hydrogens is 938 g/mol. The molecule has 0 aliphatic heterocycles. The summed E-state index contributed by atoms with van der Waals surface area (Å²) in [5, 5.41) is 8.61. The molecule has 0 aromatic heterocycles. The molecule has 0 aliphatic rings. The summed E-state index contributed by atoms with van der Waals surface area (Å²) in [4.78, 5) is 0. The summed E-state index contributed by atoms with van der Waals surface area (Å²) in [6.45, 7) is 0. The number of rotatable bonds is 6. The van der Waals surface area contributed by atoms with Crippen molar-refractivity contribution in [3.8, 4) is 0 Å². The maximum absolute atomic E-state index is 12.0. The van der Waals surface area contributed by atoms with Crippen molar-refractivity contribution in [3.63, 3.8) is 0 Å². The van der Waals surface area contributed by atoms with Crippen LogP contribution < -0.4 is 31.8 Å². The van der Waals surface area contributed by atoms with E-state index in [0.717, 1.165) is 0 Å². The van der Waals surface area contributed by atoms with Crippen LogP contribution >= 0.6 is 35.4 Å². The average molecular weight is 973 g/mol. The van der Waals surface area contributed by atoms with Crippen LogP contribution in [0.2, 0.25) is 0 Å². The zero-order valence-corrected chi connectivity index (χ0v) is 34.2. The van der Waals surface area contributed by atoms with Crippen LogP contribution in [0.25, 0.3) is 0 Å². The third-order valence-electron chi connectivity index (χ3n) is 7.82. The minimum Gasteiger partial charge on any atom is -0.0620 e. The van der Waals surface area contributed by atoms with Gasteiger partial charge in [0.1, 0.15) is 31.8 Å². The zero-order chi connectivity index (χ0) is 38.8. The molecule has 7 aromatic rings. The SMILES string of the molecule is FC(F)(F)c1c[c-]cc(C(F)(F)F)c1.[Pd+][I].c1ccc([PH+](c2ccccc2)c2ccccc2)cc1.c1ccc([PH+](c2ccccc2)c2ccccc2)cc1. The van der Waals surface area contributed by atoms with Crippen molar-refractivity contribution in [2.75, 3.05) is 0 Å². The summed E-state index contributed by atoms with van der Waals surface area (Å²) >= 11 is 4.72. The first-order valence-electron chi connectivity index (χ1n) is 16.4. The van der Waals surface area contributed by atoms with Gasteiger partial charge in [0.25, 0.3) is 0 Å². The van der Waals surface area contributed by atoms with Crippen LogP contribution in [-0.4, -0.2) is 0 Å². The predicted molar refractivity (Wildman–Crippen MR) is 222 cm³/mol. The van der Waals surface area contributed by atoms with Gasteiger partial charge in [0.15, 0.2) is 0 Å². The first kappa shape index (κ1) is 43.1. The van der Waals surface area contributed by atoms with Gasteiger partial charge in [-0.15, -0.1) is 6.07 Å². The van der Waals surface area contributed by atoms with Gasteiger partial charge in [0.2, 0.25) is 0 Å². The van der Waals surface area contributed by atoms with Crippen molar-refractivity contribution in [1.82, 2.24) is 0 Å². The molecule has 7 rings (SSSR count). The van der Waals surface area contributed by atoms with E-state index in [1.54, 1.807) is 6.07 Å². The largest absolute Gasteiger partial charge is 0.102 e. The van der Waals surface area contributed by atoms with Crippen LogP contribution in [0.1, 0.15) is 11.1 Å². The van der Waals surface area contributed by atoms with Crippen molar-refractivity contribution in [1.29, 1.82) is 0 Å². The second kappa shape index (κ2) is 22.1. The Balaban J connectivity index is 0.000000179. The van der Waals surface area contributed by atoms with Gasteiger partial charge < -0.3 is 0 Å². The van der Waals surface area contributed by atoms with Crippen molar-refractivity contribution < 1.29 is 41.9 Å². The van der Waals surface area contributed by atoms with Crippen molar-refractivity contribution >= 4 is 67.2 Å². The van der Waals surface area contributed by atoms with E-state index in [1.807, 2.05) is 19.5 Å². The van der Waals surface area contributed by atoms with Gasteiger partial charge in [-0.3, -0.25) is 0 Å². The standard InChI is InChI=1S/2C18H15P.C8H3F6.HI.Pd/c2*1-4-10-16(11-5-1)19(17-12-6-2-7-13-17)18-14-8-3-9-15-18;9-7(10,11)5-2-1-3-6(4-5)8(12,13)14;;/h2*1-15H;2-4H;1H;/q;;-1;;+2/p+1. The molecule has 0 unspecified atom stereocenters. The van der Waals surface area contributed by atoms with Gasteiger partial charge in [-0.25, -0.2) is 0 Å². The molecular formula is C44H35F6IP2Pd+2. The molecule has 0 atom stereocenters. The maximum atomic E-state index is 12.0. The molecule has 0 bridgehead atoms. The van der Waals surface area contributed by atoms with E-state index in [4.69, 9.17) is 0 Å². The van der Waals surface area contributed by atoms with Crippen molar-refractivity contribution in [2.24, 2.45) is 0 Å². The van der Waals surface area contributed by atoms with Gasteiger partial charge in [-0.2, -0.15) is 44.5 Å². The fourth-order valence-electron chi connectivity index (χ4n) is 5.43. The Labute approximate surface area is 336 Å². The first-order chi connectivity index (χ1) is 26.1. The van der Waals surface area contributed by atoms with Crippen LogP contribution in [0.5, 0.6) is 0 Å². The third kappa shape index (κ3) is 13.3. The predicted octanol–water partition coefficient (Wildman–Crippen LogP) is 10.8. The molecule has 278 valence electrons. The Morgan fingerprint density at radius 2 is 0.537 bits per heavy atom. The van der Waals surface area contributed by atoms with Crippen LogP contribution in [0.4, 0.5) is 26.3 Å². The zero-order valence-electron chi connectivity index (χ0n) is 28.5. The van der Waals surface area contributed by atoms with Crippen LogP contribution in [0.3, 0.4) is 0 Å². The van der Waals surface area contributed by atoms with Crippen LogP contribution in [-0.2, 0) is 27.9 Å². The molecule has 0 spiro atoms. The number of hydrogen-bond donors (Lipinski definition) is 0.